The summed E-state index contributed by atoms with van der Waals surface area (Å²) in [5, 5.41) is 9.23. The van der Waals surface area contributed by atoms with Crippen LogP contribution in [-0.4, -0.2) is 54.2 Å². The van der Waals surface area contributed by atoms with E-state index >= 15 is 0 Å². The van der Waals surface area contributed by atoms with Crippen LogP contribution in [0.1, 0.15) is 16.8 Å². The number of carbonyl (C=O) groups is 1. The van der Waals surface area contributed by atoms with Crippen molar-refractivity contribution in [2.75, 3.05) is 38.1 Å². The highest BCUT2D eigenvalue weighted by Gasteiger charge is 2.17. The van der Waals surface area contributed by atoms with Gasteiger partial charge < -0.3 is 14.9 Å². The van der Waals surface area contributed by atoms with Crippen LogP contribution in [0.2, 0.25) is 5.02 Å². The molecule has 0 unspecified atom stereocenters. The zero-order chi connectivity index (χ0) is 13.1. The first-order valence-electron chi connectivity index (χ1n) is 5.90. The Morgan fingerprint density at radius 1 is 1.39 bits per heavy atom. The lowest BCUT2D eigenvalue weighted by Gasteiger charge is -2.21. The van der Waals surface area contributed by atoms with E-state index < -0.39 is 5.97 Å². The molecule has 98 valence electrons. The molecule has 0 aliphatic carbocycles. The Morgan fingerprint density at radius 2 is 2.17 bits per heavy atom. The van der Waals surface area contributed by atoms with Crippen molar-refractivity contribution in [1.29, 1.82) is 0 Å². The van der Waals surface area contributed by atoms with E-state index in [1.807, 2.05) is 0 Å². The first-order valence-corrected chi connectivity index (χ1v) is 6.28. The fraction of sp³-hybridized carbons (Fsp3) is 0.500. The number of carboxylic acid groups (broad SMARTS) is 1. The molecule has 0 spiro atoms. The van der Waals surface area contributed by atoms with Crippen molar-refractivity contribution < 1.29 is 9.90 Å². The van der Waals surface area contributed by atoms with E-state index in [0.29, 0.717) is 5.82 Å². The standard InChI is InChI=1S/C12H16ClN3O2/c1-15-3-2-4-16(6-5-15)11-7-9(12(17)18)10(13)8-14-11/h7-8H,2-6H2,1H3,(H,17,18). The van der Waals surface area contributed by atoms with Crippen LogP contribution < -0.4 is 4.90 Å². The second kappa shape index (κ2) is 5.54. The van der Waals surface area contributed by atoms with Gasteiger partial charge in [-0.3, -0.25) is 0 Å². The van der Waals surface area contributed by atoms with Gasteiger partial charge in [-0.2, -0.15) is 0 Å². The Hall–Kier alpha value is -1.33. The summed E-state index contributed by atoms with van der Waals surface area (Å²) in [6.07, 6.45) is 2.46. The van der Waals surface area contributed by atoms with Crippen molar-refractivity contribution in [1.82, 2.24) is 9.88 Å². The van der Waals surface area contributed by atoms with Crippen LogP contribution in [0.3, 0.4) is 0 Å². The zero-order valence-electron chi connectivity index (χ0n) is 10.3. The van der Waals surface area contributed by atoms with Gasteiger partial charge in [0.15, 0.2) is 0 Å². The van der Waals surface area contributed by atoms with Gasteiger partial charge in [0.1, 0.15) is 5.82 Å². The number of hydrogen-bond acceptors (Lipinski definition) is 4. The van der Waals surface area contributed by atoms with Gasteiger partial charge in [-0.15, -0.1) is 0 Å². The van der Waals surface area contributed by atoms with Crippen LogP contribution in [0.25, 0.3) is 0 Å². The quantitative estimate of drug-likeness (QED) is 0.883. The SMILES string of the molecule is CN1CCCN(c2cc(C(=O)O)c(Cl)cn2)CC1. The van der Waals surface area contributed by atoms with Gasteiger partial charge in [-0.1, -0.05) is 11.6 Å². The summed E-state index contributed by atoms with van der Waals surface area (Å²) in [6.45, 7) is 3.74. The number of hydrogen-bond donors (Lipinski definition) is 1. The summed E-state index contributed by atoms with van der Waals surface area (Å²) in [7, 11) is 2.08. The number of carboxylic acids is 1. The van der Waals surface area contributed by atoms with E-state index in [9.17, 15) is 4.79 Å². The molecule has 1 aliphatic heterocycles. The van der Waals surface area contributed by atoms with Gasteiger partial charge in [-0.05, 0) is 26.1 Å². The molecule has 0 atom stereocenters. The summed E-state index contributed by atoms with van der Waals surface area (Å²) in [5.74, 6) is -0.331. The summed E-state index contributed by atoms with van der Waals surface area (Å²) >= 11 is 5.82. The summed E-state index contributed by atoms with van der Waals surface area (Å²) < 4.78 is 0. The Bertz CT molecular complexity index is 453. The molecule has 0 radical (unpaired) electrons. The van der Waals surface area contributed by atoms with Crippen LogP contribution >= 0.6 is 11.6 Å². The predicted octanol–water partition coefficient (Wildman–Crippen LogP) is 1.58. The second-order valence-corrected chi connectivity index (χ2v) is 4.88. The highest BCUT2D eigenvalue weighted by molar-refractivity contribution is 6.33. The third kappa shape index (κ3) is 2.91. The Balaban J connectivity index is 2.22. The molecule has 1 saturated heterocycles. The average molecular weight is 270 g/mol. The van der Waals surface area contributed by atoms with Crippen molar-refractivity contribution >= 4 is 23.4 Å². The normalized spacial score (nSPS) is 17.6. The van der Waals surface area contributed by atoms with Crippen molar-refractivity contribution in [3.05, 3.63) is 22.8 Å². The van der Waals surface area contributed by atoms with E-state index in [0.717, 1.165) is 32.6 Å². The van der Waals surface area contributed by atoms with Gasteiger partial charge in [0.25, 0.3) is 0 Å². The first-order chi connectivity index (χ1) is 8.58. The van der Waals surface area contributed by atoms with E-state index in [4.69, 9.17) is 16.7 Å². The molecule has 0 bridgehead atoms. The lowest BCUT2D eigenvalue weighted by molar-refractivity contribution is 0.0697. The van der Waals surface area contributed by atoms with Crippen molar-refractivity contribution in [2.24, 2.45) is 0 Å². The molecule has 0 amide bonds. The fourth-order valence-electron chi connectivity index (χ4n) is 2.04. The molecule has 1 aromatic heterocycles. The van der Waals surface area contributed by atoms with Gasteiger partial charge >= 0.3 is 5.97 Å². The summed E-state index contributed by atoms with van der Waals surface area (Å²) in [4.78, 5) is 19.6. The molecule has 0 saturated carbocycles. The molecule has 0 aromatic carbocycles. The zero-order valence-corrected chi connectivity index (χ0v) is 11.0. The van der Waals surface area contributed by atoms with Crippen LogP contribution in [0.5, 0.6) is 0 Å². The highest BCUT2D eigenvalue weighted by atomic mass is 35.5. The lowest BCUT2D eigenvalue weighted by atomic mass is 10.2. The summed E-state index contributed by atoms with van der Waals surface area (Å²) in [5.41, 5.74) is 0.110. The molecular weight excluding hydrogens is 254 g/mol. The van der Waals surface area contributed by atoms with E-state index in [1.165, 1.54) is 6.20 Å². The maximum absolute atomic E-state index is 11.0. The predicted molar refractivity (Wildman–Crippen MR) is 70.5 cm³/mol. The maximum Gasteiger partial charge on any atom is 0.337 e. The molecular formula is C12H16ClN3O2. The number of aromatic nitrogens is 1. The second-order valence-electron chi connectivity index (χ2n) is 4.47. The van der Waals surface area contributed by atoms with Crippen LogP contribution in [0.4, 0.5) is 5.82 Å². The van der Waals surface area contributed by atoms with E-state index in [1.54, 1.807) is 6.07 Å². The first kappa shape index (κ1) is 13.1. The molecule has 1 N–H and O–H groups in total. The molecule has 1 aromatic rings. The minimum absolute atomic E-state index is 0.110. The maximum atomic E-state index is 11.0. The van der Waals surface area contributed by atoms with Crippen LogP contribution in [0.15, 0.2) is 12.3 Å². The minimum Gasteiger partial charge on any atom is -0.478 e. The summed E-state index contributed by atoms with van der Waals surface area (Å²) in [6, 6.07) is 1.55. The third-order valence-electron chi connectivity index (χ3n) is 3.11. The molecule has 5 nitrogen and oxygen atoms in total. The van der Waals surface area contributed by atoms with Gasteiger partial charge in [0, 0.05) is 25.8 Å². The number of rotatable bonds is 2. The average Bonchev–Trinajstić information content (AvgIpc) is 2.54. The Kier molecular flexibility index (Phi) is 4.04. The molecule has 1 fully saturated rings. The monoisotopic (exact) mass is 269 g/mol. The van der Waals surface area contributed by atoms with E-state index in [-0.39, 0.29) is 10.6 Å². The van der Waals surface area contributed by atoms with Gasteiger partial charge in [0.05, 0.1) is 10.6 Å². The van der Waals surface area contributed by atoms with E-state index in [2.05, 4.69) is 21.8 Å². The van der Waals surface area contributed by atoms with Crippen molar-refractivity contribution in [3.63, 3.8) is 0 Å². The molecule has 1 aliphatic rings. The Morgan fingerprint density at radius 3 is 2.89 bits per heavy atom. The number of anilines is 1. The minimum atomic E-state index is -1.02. The van der Waals surface area contributed by atoms with Crippen LogP contribution in [0, 0.1) is 0 Å². The molecule has 2 heterocycles. The largest absolute Gasteiger partial charge is 0.478 e. The number of aromatic carboxylic acids is 1. The molecule has 6 heteroatoms. The highest BCUT2D eigenvalue weighted by Crippen LogP contribution is 2.21. The molecule has 18 heavy (non-hydrogen) atoms. The Labute approximate surface area is 111 Å². The lowest BCUT2D eigenvalue weighted by Crippen LogP contribution is -2.29. The number of pyridine rings is 1. The topological polar surface area (TPSA) is 56.7 Å². The third-order valence-corrected chi connectivity index (χ3v) is 3.42. The van der Waals surface area contributed by atoms with Crippen LogP contribution in [-0.2, 0) is 0 Å². The number of nitrogens with zero attached hydrogens (tertiary/aromatic N) is 3. The fourth-order valence-corrected chi connectivity index (χ4v) is 2.22. The number of halogens is 1. The van der Waals surface area contributed by atoms with Crippen molar-refractivity contribution in [2.45, 2.75) is 6.42 Å². The van der Waals surface area contributed by atoms with Gasteiger partial charge in [-0.25, -0.2) is 9.78 Å². The number of likely N-dealkylation sites (N-methyl/N-ethyl adjacent to an activating group) is 1. The van der Waals surface area contributed by atoms with Crippen molar-refractivity contribution in [3.8, 4) is 0 Å². The molecule has 2 rings (SSSR count). The van der Waals surface area contributed by atoms with Gasteiger partial charge in [0.2, 0.25) is 0 Å². The smallest absolute Gasteiger partial charge is 0.337 e.